The lowest BCUT2D eigenvalue weighted by Gasteiger charge is -2.16. The summed E-state index contributed by atoms with van der Waals surface area (Å²) in [5.41, 5.74) is 0. The molecule has 2 heterocycles. The van der Waals surface area contributed by atoms with E-state index in [0.717, 1.165) is 6.42 Å². The largest absolute Gasteiger partial charge is 0.358 e. The first-order valence-electron chi connectivity index (χ1n) is 7.69. The maximum absolute atomic E-state index is 12.6. The smallest absolute Gasteiger partial charge is 0.342 e. The van der Waals surface area contributed by atoms with Crippen LogP contribution < -0.4 is 0 Å². The van der Waals surface area contributed by atoms with Crippen molar-refractivity contribution < 1.29 is 14.5 Å². The van der Waals surface area contributed by atoms with Crippen molar-refractivity contribution in [2.24, 2.45) is 23.7 Å². The summed E-state index contributed by atoms with van der Waals surface area (Å²) in [6.07, 6.45) is 6.19. The molecule has 1 saturated carbocycles. The number of imidazole rings is 1. The molecule has 2 bridgehead atoms. The molecule has 0 radical (unpaired) electrons. The number of rotatable bonds is 4. The molecule has 0 N–H and O–H groups in total. The number of aryl methyl sites for hydroxylation is 1. The Morgan fingerprint density at radius 2 is 1.83 bits per heavy atom. The highest BCUT2D eigenvalue weighted by Gasteiger charge is 2.59. The van der Waals surface area contributed by atoms with Crippen molar-refractivity contribution in [1.82, 2.24) is 14.5 Å². The van der Waals surface area contributed by atoms with Crippen LogP contribution in [0.5, 0.6) is 0 Å². The van der Waals surface area contributed by atoms with Gasteiger partial charge in [0.15, 0.2) is 5.82 Å². The van der Waals surface area contributed by atoms with Gasteiger partial charge in [-0.25, -0.2) is 9.55 Å². The number of aromatic nitrogens is 2. The summed E-state index contributed by atoms with van der Waals surface area (Å²) in [6.45, 7) is 2.02. The Hall–Kier alpha value is -2.51. The van der Waals surface area contributed by atoms with Gasteiger partial charge in [0.2, 0.25) is 11.8 Å². The predicted molar refractivity (Wildman–Crippen MR) is 78.1 cm³/mol. The minimum atomic E-state index is -0.507. The second kappa shape index (κ2) is 4.74. The average Bonchev–Trinajstić information content (AvgIpc) is 3.24. The fourth-order valence-corrected chi connectivity index (χ4v) is 4.26. The van der Waals surface area contributed by atoms with E-state index in [1.54, 1.807) is 6.92 Å². The number of hydrogen-bond donors (Lipinski definition) is 0. The van der Waals surface area contributed by atoms with Gasteiger partial charge in [-0.1, -0.05) is 12.2 Å². The van der Waals surface area contributed by atoms with Gasteiger partial charge in [-0.3, -0.25) is 14.5 Å². The molecule has 120 valence electrons. The molecule has 1 saturated heterocycles. The number of carbonyl (C=O) groups is 2. The number of fused-ring (bicyclic) bond motifs is 5. The first kappa shape index (κ1) is 14.1. The van der Waals surface area contributed by atoms with Gasteiger partial charge in [0.05, 0.1) is 18.4 Å². The molecule has 2 unspecified atom stereocenters. The zero-order valence-electron chi connectivity index (χ0n) is 12.6. The van der Waals surface area contributed by atoms with E-state index in [9.17, 15) is 19.7 Å². The van der Waals surface area contributed by atoms with Gasteiger partial charge in [-0.15, -0.1) is 0 Å². The van der Waals surface area contributed by atoms with E-state index >= 15 is 0 Å². The van der Waals surface area contributed by atoms with Crippen molar-refractivity contribution in [2.45, 2.75) is 19.9 Å². The summed E-state index contributed by atoms with van der Waals surface area (Å²) in [7, 11) is 0. The molecular weight excluding hydrogens is 300 g/mol. The van der Waals surface area contributed by atoms with Crippen molar-refractivity contribution in [3.8, 4) is 0 Å². The molecule has 2 aliphatic carbocycles. The fourth-order valence-electron chi connectivity index (χ4n) is 4.26. The van der Waals surface area contributed by atoms with Crippen LogP contribution in [0.2, 0.25) is 0 Å². The summed E-state index contributed by atoms with van der Waals surface area (Å²) in [5.74, 6) is 0.0232. The monoisotopic (exact) mass is 316 g/mol. The fraction of sp³-hybridized carbons (Fsp3) is 0.533. The molecule has 23 heavy (non-hydrogen) atoms. The van der Waals surface area contributed by atoms with Gasteiger partial charge >= 0.3 is 5.82 Å². The molecule has 1 aromatic rings. The van der Waals surface area contributed by atoms with Gasteiger partial charge < -0.3 is 10.1 Å². The van der Waals surface area contributed by atoms with Crippen LogP contribution >= 0.6 is 0 Å². The Morgan fingerprint density at radius 1 is 1.22 bits per heavy atom. The van der Waals surface area contributed by atoms with E-state index < -0.39 is 4.92 Å². The summed E-state index contributed by atoms with van der Waals surface area (Å²) in [5, 5.41) is 11.0. The first-order valence-corrected chi connectivity index (χ1v) is 7.69. The highest BCUT2D eigenvalue weighted by molar-refractivity contribution is 6.06. The van der Waals surface area contributed by atoms with Crippen molar-refractivity contribution in [3.05, 3.63) is 34.3 Å². The molecule has 2 fully saturated rings. The number of hydrogen-bond acceptors (Lipinski definition) is 5. The van der Waals surface area contributed by atoms with Crippen LogP contribution in [-0.2, 0) is 16.1 Å². The van der Waals surface area contributed by atoms with E-state index in [-0.39, 0.29) is 54.4 Å². The Kier molecular flexibility index (Phi) is 2.91. The third-order valence-electron chi connectivity index (χ3n) is 5.33. The molecule has 2 amide bonds. The highest BCUT2D eigenvalue weighted by Crippen LogP contribution is 2.52. The van der Waals surface area contributed by atoms with E-state index in [1.165, 1.54) is 15.7 Å². The topological polar surface area (TPSA) is 98.3 Å². The molecule has 0 aromatic carbocycles. The van der Waals surface area contributed by atoms with Gasteiger partial charge in [-0.2, -0.15) is 0 Å². The number of likely N-dealkylation sites (tertiary alicyclic amines) is 1. The number of amides is 2. The van der Waals surface area contributed by atoms with Gasteiger partial charge in [0.1, 0.15) is 12.7 Å². The number of imide groups is 1. The first-order chi connectivity index (χ1) is 11.0. The second-order valence-corrected chi connectivity index (χ2v) is 6.40. The molecule has 0 spiro atoms. The molecule has 8 heteroatoms. The molecule has 8 nitrogen and oxygen atoms in total. The van der Waals surface area contributed by atoms with Gasteiger partial charge in [0, 0.05) is 6.92 Å². The van der Waals surface area contributed by atoms with E-state index in [4.69, 9.17) is 0 Å². The lowest BCUT2D eigenvalue weighted by atomic mass is 9.85. The molecule has 1 aliphatic heterocycles. The number of nitrogens with zero attached hydrogens (tertiary/aromatic N) is 4. The standard InChI is InChI=1S/C15H16N4O4/c1-8-16-7-11(19(22)23)17(8)4-5-18-14(20)12-9-2-3-10(6-9)13(12)15(18)21/h2-3,7,9-10,12-13H,4-6H2,1H3/t9-,10+,12?,13?. The molecule has 4 atom stereocenters. The van der Waals surface area contributed by atoms with E-state index in [1.807, 2.05) is 12.2 Å². The van der Waals surface area contributed by atoms with Crippen LogP contribution in [0.1, 0.15) is 12.2 Å². The maximum atomic E-state index is 12.6. The van der Waals surface area contributed by atoms with Crippen LogP contribution in [-0.4, -0.2) is 37.7 Å². The average molecular weight is 316 g/mol. The van der Waals surface area contributed by atoms with Gasteiger partial charge in [-0.05, 0) is 23.2 Å². The number of carbonyl (C=O) groups excluding carboxylic acids is 2. The van der Waals surface area contributed by atoms with Crippen molar-refractivity contribution in [3.63, 3.8) is 0 Å². The summed E-state index contributed by atoms with van der Waals surface area (Å²) in [6, 6.07) is 0. The molecule has 1 aromatic heterocycles. The lowest BCUT2D eigenvalue weighted by Crippen LogP contribution is -2.35. The third-order valence-corrected chi connectivity index (χ3v) is 5.33. The van der Waals surface area contributed by atoms with Crippen LogP contribution in [0.15, 0.2) is 18.3 Å². The summed E-state index contributed by atoms with van der Waals surface area (Å²) in [4.78, 5) is 40.8. The Bertz CT molecular complexity index is 723. The molecule has 4 rings (SSSR count). The van der Waals surface area contributed by atoms with Crippen LogP contribution in [0.3, 0.4) is 0 Å². The minimum absolute atomic E-state index is 0.122. The second-order valence-electron chi connectivity index (χ2n) is 6.40. The minimum Gasteiger partial charge on any atom is -0.358 e. The van der Waals surface area contributed by atoms with Crippen LogP contribution in [0, 0.1) is 40.7 Å². The Labute approximate surface area is 131 Å². The highest BCUT2D eigenvalue weighted by atomic mass is 16.6. The lowest BCUT2D eigenvalue weighted by molar-refractivity contribution is -0.392. The SMILES string of the molecule is Cc1ncc([N+](=O)[O-])n1CCN1C(=O)C2C(C1=O)[C@H]1C=C[C@@H]2C1. The normalized spacial score (nSPS) is 31.3. The van der Waals surface area contributed by atoms with E-state index in [0.29, 0.717) is 5.82 Å². The molecular formula is C15H16N4O4. The van der Waals surface area contributed by atoms with E-state index in [2.05, 4.69) is 4.98 Å². The van der Waals surface area contributed by atoms with Crippen molar-refractivity contribution in [2.75, 3.05) is 6.54 Å². The number of nitro groups is 1. The summed E-state index contributed by atoms with van der Waals surface area (Å²) >= 11 is 0. The third kappa shape index (κ3) is 1.87. The molecule has 3 aliphatic rings. The van der Waals surface area contributed by atoms with Crippen molar-refractivity contribution in [1.29, 1.82) is 0 Å². The zero-order chi connectivity index (χ0) is 16.3. The zero-order valence-corrected chi connectivity index (χ0v) is 12.6. The summed E-state index contributed by atoms with van der Waals surface area (Å²) < 4.78 is 1.43. The van der Waals surface area contributed by atoms with Crippen LogP contribution in [0.4, 0.5) is 5.82 Å². The quantitative estimate of drug-likeness (QED) is 0.356. The number of allylic oxidation sites excluding steroid dienone is 2. The Balaban J connectivity index is 1.53. The van der Waals surface area contributed by atoms with Crippen LogP contribution in [0.25, 0.3) is 0 Å². The Morgan fingerprint density at radius 3 is 2.39 bits per heavy atom. The maximum Gasteiger partial charge on any atom is 0.342 e. The van der Waals surface area contributed by atoms with Crippen molar-refractivity contribution >= 4 is 17.6 Å². The van der Waals surface area contributed by atoms with Gasteiger partial charge in [0.25, 0.3) is 0 Å². The predicted octanol–water partition coefficient (Wildman–Crippen LogP) is 0.907.